The number of hydrogen-bond acceptors (Lipinski definition) is 4. The van der Waals surface area contributed by atoms with Gasteiger partial charge in [-0.25, -0.2) is 0 Å². The molecule has 1 amide bonds. The molecule has 0 aliphatic carbocycles. The third-order valence-electron chi connectivity index (χ3n) is 6.51. The van der Waals surface area contributed by atoms with Gasteiger partial charge in [-0.2, -0.15) is 0 Å². The fourth-order valence-electron chi connectivity index (χ4n) is 5.19. The van der Waals surface area contributed by atoms with Gasteiger partial charge < -0.3 is 15.0 Å². The van der Waals surface area contributed by atoms with Gasteiger partial charge in [0, 0.05) is 42.8 Å². The monoisotopic (exact) mass is 407 g/mol. The number of aromatic nitrogens is 1. The van der Waals surface area contributed by atoms with Crippen molar-refractivity contribution >= 4 is 12.0 Å². The van der Waals surface area contributed by atoms with Crippen molar-refractivity contribution in [1.29, 1.82) is 0 Å². The highest BCUT2D eigenvalue weighted by Crippen LogP contribution is 2.48. The molecule has 4 rings (SSSR count). The number of fused-ring (bicyclic) bond motifs is 3. The molecule has 30 heavy (non-hydrogen) atoms. The fraction of sp³-hybridized carbons (Fsp3) is 0.417. The summed E-state index contributed by atoms with van der Waals surface area (Å²) in [4.78, 5) is 28.2. The number of nitrogens with zero attached hydrogens (tertiary/aromatic N) is 2. The number of pyridine rings is 1. The molecule has 1 saturated heterocycles. The minimum absolute atomic E-state index is 0.00202. The fourth-order valence-corrected chi connectivity index (χ4v) is 5.19. The zero-order chi connectivity index (χ0) is 21.3. The number of aliphatic hydroxyl groups is 1. The molecule has 0 bridgehead atoms. The van der Waals surface area contributed by atoms with Crippen LogP contribution in [0.4, 0.5) is 0 Å². The third-order valence-corrected chi connectivity index (χ3v) is 6.51. The molecule has 1 aromatic heterocycles. The Morgan fingerprint density at radius 3 is 2.67 bits per heavy atom. The second-order valence-corrected chi connectivity index (χ2v) is 8.06. The molecule has 0 radical (unpaired) electrons. The third kappa shape index (κ3) is 3.40. The summed E-state index contributed by atoms with van der Waals surface area (Å²) in [5.74, 6) is -0.236. The summed E-state index contributed by atoms with van der Waals surface area (Å²) in [6.07, 6.45) is 3.69. The van der Waals surface area contributed by atoms with E-state index in [0.29, 0.717) is 25.2 Å². The maximum Gasteiger partial charge on any atom is 0.258 e. The van der Waals surface area contributed by atoms with Crippen LogP contribution in [-0.2, 0) is 17.9 Å². The summed E-state index contributed by atoms with van der Waals surface area (Å²) in [5.41, 5.74) is 2.65. The maximum absolute atomic E-state index is 13.2. The molecule has 2 aliphatic rings. The van der Waals surface area contributed by atoms with E-state index in [0.717, 1.165) is 11.3 Å². The van der Waals surface area contributed by atoms with Crippen LogP contribution in [0.25, 0.3) is 6.08 Å². The normalized spacial score (nSPS) is 25.4. The number of carbonyl (C=O) groups is 1. The van der Waals surface area contributed by atoms with Crippen molar-refractivity contribution < 1.29 is 9.90 Å². The van der Waals surface area contributed by atoms with Crippen LogP contribution in [0.3, 0.4) is 0 Å². The number of carbonyl (C=O) groups excluding carboxylic acids is 1. The van der Waals surface area contributed by atoms with E-state index >= 15 is 0 Å². The molecule has 3 heterocycles. The average molecular weight is 408 g/mol. The number of benzene rings is 1. The number of likely N-dealkylation sites (tertiary alicyclic amines) is 1. The number of likely N-dealkylation sites (N-methyl/N-ethyl adjacent to an activating group) is 1. The van der Waals surface area contributed by atoms with Crippen LogP contribution in [0, 0.1) is 11.8 Å². The van der Waals surface area contributed by atoms with Gasteiger partial charge in [-0.15, -0.1) is 0 Å². The first kappa shape index (κ1) is 20.6. The molecule has 1 aromatic carbocycles. The lowest BCUT2D eigenvalue weighted by Crippen LogP contribution is -2.48. The number of allylic oxidation sites excluding steroid dienone is 1. The minimum atomic E-state index is -0.405. The van der Waals surface area contributed by atoms with Gasteiger partial charge in [0.2, 0.25) is 5.91 Å². The van der Waals surface area contributed by atoms with Crippen LogP contribution in [-0.4, -0.2) is 39.7 Å². The Labute approximate surface area is 176 Å². The number of rotatable bonds is 6. The Kier molecular flexibility index (Phi) is 5.88. The Morgan fingerprint density at radius 1 is 1.23 bits per heavy atom. The summed E-state index contributed by atoms with van der Waals surface area (Å²) in [6, 6.07) is 13.2. The topological polar surface area (TPSA) is 74.6 Å². The predicted molar refractivity (Wildman–Crippen MR) is 117 cm³/mol. The molecule has 0 spiro atoms. The summed E-state index contributed by atoms with van der Waals surface area (Å²) in [5, 5.41) is 13.3. The lowest BCUT2D eigenvalue weighted by molar-refractivity contribution is -0.127. The summed E-state index contributed by atoms with van der Waals surface area (Å²) >= 11 is 0. The molecule has 6 nitrogen and oxygen atoms in total. The number of aliphatic hydroxyl groups excluding tert-OH is 1. The van der Waals surface area contributed by atoms with Gasteiger partial charge in [-0.3, -0.25) is 14.5 Å². The van der Waals surface area contributed by atoms with Crippen LogP contribution in [0.1, 0.15) is 36.7 Å². The second-order valence-electron chi connectivity index (χ2n) is 8.06. The quantitative estimate of drug-likeness (QED) is 0.770. The molecule has 4 atom stereocenters. The van der Waals surface area contributed by atoms with E-state index in [1.54, 1.807) is 0 Å². The lowest BCUT2D eigenvalue weighted by atomic mass is 9.88. The highest BCUT2D eigenvalue weighted by Gasteiger charge is 2.54. The number of amides is 1. The molecule has 2 N–H and O–H groups in total. The van der Waals surface area contributed by atoms with Crippen LogP contribution in [0.5, 0.6) is 0 Å². The van der Waals surface area contributed by atoms with Crippen molar-refractivity contribution in [2.75, 3.05) is 13.2 Å². The van der Waals surface area contributed by atoms with Crippen molar-refractivity contribution in [1.82, 2.24) is 14.8 Å². The van der Waals surface area contributed by atoms with E-state index in [-0.39, 0.29) is 36.0 Å². The molecule has 0 unspecified atom stereocenters. The summed E-state index contributed by atoms with van der Waals surface area (Å²) in [7, 11) is 0. The highest BCUT2D eigenvalue weighted by atomic mass is 16.3. The maximum atomic E-state index is 13.2. The zero-order valence-corrected chi connectivity index (χ0v) is 17.5. The molecule has 1 fully saturated rings. The first-order valence-corrected chi connectivity index (χ1v) is 10.6. The van der Waals surface area contributed by atoms with E-state index in [4.69, 9.17) is 0 Å². The molecule has 0 saturated carbocycles. The molecule has 2 aromatic rings. The van der Waals surface area contributed by atoms with E-state index in [2.05, 4.69) is 10.2 Å². The van der Waals surface area contributed by atoms with Crippen molar-refractivity contribution in [3.05, 3.63) is 75.7 Å². The predicted octanol–water partition coefficient (Wildman–Crippen LogP) is 2.18. The standard InChI is InChI=1S/C24H29N3O3/c1-3-8-17-11-12-20-21-18(14-27(20)24(17)30)19(15-28)22(26(21)4-2)23(29)25-13-16-9-6-5-7-10-16/h3,5-12,18-19,21-22,28H,4,13-15H2,1-2H3,(H,25,29)/b8-3+/t18-,19-,21+,22-/m0/s1. The smallest absolute Gasteiger partial charge is 0.258 e. The van der Waals surface area contributed by atoms with E-state index in [1.807, 2.05) is 73.0 Å². The Hall–Kier alpha value is -2.70. The van der Waals surface area contributed by atoms with Crippen LogP contribution in [0.15, 0.2) is 53.3 Å². The van der Waals surface area contributed by atoms with Crippen molar-refractivity contribution in [3.63, 3.8) is 0 Å². The molecule has 6 heteroatoms. The van der Waals surface area contributed by atoms with Gasteiger partial charge in [0.15, 0.2) is 0 Å². The van der Waals surface area contributed by atoms with E-state index in [9.17, 15) is 14.7 Å². The van der Waals surface area contributed by atoms with Gasteiger partial charge in [0.05, 0.1) is 12.1 Å². The lowest BCUT2D eigenvalue weighted by Gasteiger charge is -2.29. The minimum Gasteiger partial charge on any atom is -0.396 e. The molecule has 158 valence electrons. The van der Waals surface area contributed by atoms with Gasteiger partial charge >= 0.3 is 0 Å². The number of nitrogens with one attached hydrogen (secondary N) is 1. The second kappa shape index (κ2) is 8.58. The van der Waals surface area contributed by atoms with Crippen LogP contribution in [0.2, 0.25) is 0 Å². The Bertz CT molecular complexity index is 999. The molecular weight excluding hydrogens is 378 g/mol. The molecular formula is C24H29N3O3. The van der Waals surface area contributed by atoms with Crippen LogP contribution >= 0.6 is 0 Å². The van der Waals surface area contributed by atoms with Gasteiger partial charge in [-0.1, -0.05) is 49.4 Å². The van der Waals surface area contributed by atoms with Gasteiger partial charge in [0.25, 0.3) is 5.56 Å². The largest absolute Gasteiger partial charge is 0.396 e. The van der Waals surface area contributed by atoms with E-state index in [1.165, 1.54) is 0 Å². The van der Waals surface area contributed by atoms with Crippen LogP contribution < -0.4 is 10.9 Å². The van der Waals surface area contributed by atoms with Crippen molar-refractivity contribution in [2.45, 2.75) is 39.0 Å². The molecule has 2 aliphatic heterocycles. The summed E-state index contributed by atoms with van der Waals surface area (Å²) in [6.45, 7) is 5.52. The average Bonchev–Trinajstić information content (AvgIpc) is 3.29. The van der Waals surface area contributed by atoms with Crippen molar-refractivity contribution in [3.8, 4) is 0 Å². The van der Waals surface area contributed by atoms with Crippen molar-refractivity contribution in [2.24, 2.45) is 11.8 Å². The Balaban J connectivity index is 1.62. The van der Waals surface area contributed by atoms with Gasteiger partial charge in [-0.05, 0) is 31.2 Å². The van der Waals surface area contributed by atoms with E-state index < -0.39 is 6.04 Å². The number of hydrogen-bond donors (Lipinski definition) is 2. The Morgan fingerprint density at radius 2 is 2.00 bits per heavy atom. The highest BCUT2D eigenvalue weighted by molar-refractivity contribution is 5.82. The zero-order valence-electron chi connectivity index (χ0n) is 17.5. The van der Waals surface area contributed by atoms with Gasteiger partial charge in [0.1, 0.15) is 0 Å². The first-order chi connectivity index (χ1) is 14.6. The first-order valence-electron chi connectivity index (χ1n) is 10.6. The summed E-state index contributed by atoms with van der Waals surface area (Å²) < 4.78 is 1.83. The SMILES string of the molecule is C/C=C/c1ccc2n(c1=O)C[C@H]1[C@H](CO)[C@@H](C(=O)NCc3ccccc3)N(CC)[C@@H]21.